The maximum absolute atomic E-state index is 12.1. The topological polar surface area (TPSA) is 106 Å². The Morgan fingerprint density at radius 1 is 1.72 bits per heavy atom. The predicted molar refractivity (Wildman–Crippen MR) is 64.7 cm³/mol. The van der Waals surface area contributed by atoms with E-state index in [0.717, 1.165) is 12.1 Å². The molecule has 0 atom stereocenters. The number of aromatic nitrogens is 2. The Balaban J connectivity index is 1.99. The molecule has 1 heterocycles. The summed E-state index contributed by atoms with van der Waals surface area (Å²) in [6.07, 6.45) is 3.96. The maximum atomic E-state index is 12.1. The summed E-state index contributed by atoms with van der Waals surface area (Å²) in [4.78, 5) is 12.1. The van der Waals surface area contributed by atoms with Crippen LogP contribution in [-0.2, 0) is 18.4 Å². The SMILES string of the molecule is Cn1ccc(CNC(=O)C2(/C(N)=N/O)CCC2)n1. The second-order valence-electron chi connectivity index (χ2n) is 4.58. The van der Waals surface area contributed by atoms with Gasteiger partial charge in [-0.25, -0.2) is 0 Å². The number of carbonyl (C=O) groups is 1. The number of nitrogens with zero attached hydrogens (tertiary/aromatic N) is 3. The van der Waals surface area contributed by atoms with Gasteiger partial charge in [0.25, 0.3) is 0 Å². The van der Waals surface area contributed by atoms with Crippen molar-refractivity contribution in [3.05, 3.63) is 18.0 Å². The number of nitrogens with one attached hydrogen (secondary N) is 1. The average Bonchev–Trinajstić information content (AvgIpc) is 2.70. The van der Waals surface area contributed by atoms with Crippen LogP contribution in [0.3, 0.4) is 0 Å². The minimum Gasteiger partial charge on any atom is -0.409 e. The molecule has 0 aliphatic heterocycles. The van der Waals surface area contributed by atoms with E-state index >= 15 is 0 Å². The molecule has 1 fully saturated rings. The first-order valence-electron chi connectivity index (χ1n) is 5.83. The van der Waals surface area contributed by atoms with Crippen LogP contribution in [0.5, 0.6) is 0 Å². The molecular weight excluding hydrogens is 234 g/mol. The lowest BCUT2D eigenvalue weighted by Gasteiger charge is -2.38. The van der Waals surface area contributed by atoms with Crippen molar-refractivity contribution >= 4 is 11.7 Å². The van der Waals surface area contributed by atoms with Gasteiger partial charge >= 0.3 is 0 Å². The maximum Gasteiger partial charge on any atom is 0.234 e. The third kappa shape index (κ3) is 2.03. The van der Waals surface area contributed by atoms with E-state index < -0.39 is 5.41 Å². The molecule has 0 radical (unpaired) electrons. The highest BCUT2D eigenvalue weighted by Crippen LogP contribution is 2.41. The zero-order chi connectivity index (χ0) is 13.2. The molecule has 1 saturated carbocycles. The van der Waals surface area contributed by atoms with Crippen LogP contribution in [0.2, 0.25) is 0 Å². The van der Waals surface area contributed by atoms with Crippen molar-refractivity contribution in [1.82, 2.24) is 15.1 Å². The summed E-state index contributed by atoms with van der Waals surface area (Å²) in [5.41, 5.74) is 5.55. The molecule has 0 spiro atoms. The molecule has 0 unspecified atom stereocenters. The number of amides is 1. The smallest absolute Gasteiger partial charge is 0.234 e. The Labute approximate surface area is 105 Å². The highest BCUT2D eigenvalue weighted by molar-refractivity contribution is 6.07. The Morgan fingerprint density at radius 2 is 2.44 bits per heavy atom. The van der Waals surface area contributed by atoms with Crippen LogP contribution in [0.1, 0.15) is 25.0 Å². The molecule has 7 heteroatoms. The summed E-state index contributed by atoms with van der Waals surface area (Å²) in [5.74, 6) is -0.207. The Morgan fingerprint density at radius 3 is 2.89 bits per heavy atom. The van der Waals surface area contributed by atoms with Crippen molar-refractivity contribution in [1.29, 1.82) is 0 Å². The van der Waals surface area contributed by atoms with Gasteiger partial charge in [-0.05, 0) is 18.9 Å². The monoisotopic (exact) mass is 251 g/mol. The summed E-state index contributed by atoms with van der Waals surface area (Å²) in [7, 11) is 1.81. The van der Waals surface area contributed by atoms with Gasteiger partial charge in [0.1, 0.15) is 5.41 Å². The molecule has 7 nitrogen and oxygen atoms in total. The van der Waals surface area contributed by atoms with E-state index in [9.17, 15) is 4.79 Å². The fraction of sp³-hybridized carbons (Fsp3) is 0.545. The highest BCUT2D eigenvalue weighted by atomic mass is 16.4. The molecule has 1 aliphatic carbocycles. The highest BCUT2D eigenvalue weighted by Gasteiger charge is 2.48. The molecular formula is C11H17N5O2. The molecule has 18 heavy (non-hydrogen) atoms. The van der Waals surface area contributed by atoms with Gasteiger partial charge in [-0.1, -0.05) is 11.6 Å². The molecule has 0 aromatic carbocycles. The molecule has 1 aromatic heterocycles. The summed E-state index contributed by atoms with van der Waals surface area (Å²) in [5, 5.41) is 18.7. The lowest BCUT2D eigenvalue weighted by molar-refractivity contribution is -0.131. The normalized spacial score (nSPS) is 18.2. The van der Waals surface area contributed by atoms with Crippen LogP contribution >= 0.6 is 0 Å². The molecule has 98 valence electrons. The second-order valence-corrected chi connectivity index (χ2v) is 4.58. The number of oxime groups is 1. The van der Waals surface area contributed by atoms with E-state index in [1.54, 1.807) is 4.68 Å². The van der Waals surface area contributed by atoms with Gasteiger partial charge < -0.3 is 16.3 Å². The minimum absolute atomic E-state index is 0.00716. The van der Waals surface area contributed by atoms with Crippen LogP contribution < -0.4 is 11.1 Å². The summed E-state index contributed by atoms with van der Waals surface area (Å²) in [6.45, 7) is 0.347. The molecule has 1 aliphatic rings. The van der Waals surface area contributed by atoms with E-state index in [0.29, 0.717) is 19.4 Å². The quantitative estimate of drug-likeness (QED) is 0.302. The molecule has 0 saturated heterocycles. The predicted octanol–water partition coefficient (Wildman–Crippen LogP) is -0.0470. The van der Waals surface area contributed by atoms with Gasteiger partial charge in [-0.15, -0.1) is 0 Å². The Bertz CT molecular complexity index is 476. The van der Waals surface area contributed by atoms with Gasteiger partial charge in [-0.2, -0.15) is 5.10 Å². The van der Waals surface area contributed by atoms with E-state index in [1.807, 2.05) is 19.3 Å². The number of rotatable bonds is 4. The zero-order valence-corrected chi connectivity index (χ0v) is 10.3. The van der Waals surface area contributed by atoms with Crippen LogP contribution in [0.4, 0.5) is 0 Å². The number of carbonyl (C=O) groups excluding carboxylic acids is 1. The number of hydrogen-bond acceptors (Lipinski definition) is 4. The number of hydrogen-bond donors (Lipinski definition) is 3. The molecule has 2 rings (SSSR count). The molecule has 4 N–H and O–H groups in total. The van der Waals surface area contributed by atoms with Crippen molar-refractivity contribution in [2.24, 2.45) is 23.4 Å². The van der Waals surface area contributed by atoms with Crippen molar-refractivity contribution in [2.45, 2.75) is 25.8 Å². The van der Waals surface area contributed by atoms with E-state index in [4.69, 9.17) is 10.9 Å². The number of amidine groups is 1. The summed E-state index contributed by atoms with van der Waals surface area (Å²) >= 11 is 0. The van der Waals surface area contributed by atoms with Gasteiger partial charge in [-0.3, -0.25) is 9.48 Å². The fourth-order valence-corrected chi connectivity index (χ4v) is 2.12. The van der Waals surface area contributed by atoms with Gasteiger partial charge in [0, 0.05) is 13.2 Å². The zero-order valence-electron chi connectivity index (χ0n) is 10.3. The number of nitrogens with two attached hydrogens (primary N) is 1. The fourth-order valence-electron chi connectivity index (χ4n) is 2.12. The first-order valence-corrected chi connectivity index (χ1v) is 5.83. The van der Waals surface area contributed by atoms with Crippen LogP contribution in [0.25, 0.3) is 0 Å². The van der Waals surface area contributed by atoms with Crippen LogP contribution in [0, 0.1) is 5.41 Å². The van der Waals surface area contributed by atoms with Crippen molar-refractivity contribution in [3.8, 4) is 0 Å². The summed E-state index contributed by atoms with van der Waals surface area (Å²) in [6, 6.07) is 1.83. The van der Waals surface area contributed by atoms with Crippen molar-refractivity contribution < 1.29 is 10.0 Å². The molecule has 0 bridgehead atoms. The van der Waals surface area contributed by atoms with Gasteiger partial charge in [0.15, 0.2) is 5.84 Å². The van der Waals surface area contributed by atoms with Gasteiger partial charge in [0.05, 0.1) is 12.2 Å². The van der Waals surface area contributed by atoms with E-state index in [2.05, 4.69) is 15.6 Å². The first kappa shape index (κ1) is 12.4. The standard InChI is InChI=1S/C11H17N5O2/c1-16-6-3-8(14-16)7-13-10(17)11(4-2-5-11)9(12)15-18/h3,6,18H,2,4-5,7H2,1H3,(H2,12,15)(H,13,17). The average molecular weight is 251 g/mol. The molecule has 1 aromatic rings. The third-order valence-corrected chi connectivity index (χ3v) is 3.44. The first-order chi connectivity index (χ1) is 8.58. The van der Waals surface area contributed by atoms with Crippen molar-refractivity contribution in [2.75, 3.05) is 0 Å². The molecule has 1 amide bonds. The van der Waals surface area contributed by atoms with Crippen LogP contribution in [0.15, 0.2) is 17.4 Å². The largest absolute Gasteiger partial charge is 0.409 e. The second kappa shape index (κ2) is 4.67. The minimum atomic E-state index is -0.830. The lowest BCUT2D eigenvalue weighted by atomic mass is 9.67. The van der Waals surface area contributed by atoms with Crippen molar-refractivity contribution in [3.63, 3.8) is 0 Å². The van der Waals surface area contributed by atoms with E-state index in [1.165, 1.54) is 0 Å². The lowest BCUT2D eigenvalue weighted by Crippen LogP contribution is -2.53. The van der Waals surface area contributed by atoms with E-state index in [-0.39, 0.29) is 11.7 Å². The Hall–Kier alpha value is -2.05. The van der Waals surface area contributed by atoms with Gasteiger partial charge in [0.2, 0.25) is 5.91 Å². The number of aryl methyl sites for hydroxylation is 1. The Kier molecular flexibility index (Phi) is 3.22. The third-order valence-electron chi connectivity index (χ3n) is 3.44. The summed E-state index contributed by atoms with van der Waals surface area (Å²) < 4.78 is 1.67. The van der Waals surface area contributed by atoms with Crippen LogP contribution in [-0.4, -0.2) is 26.7 Å².